The SMILES string of the molecule is CCc1cc(COc2cc(OC)ccc2C=O)n(CC)n1. The molecule has 0 unspecified atom stereocenters. The second kappa shape index (κ2) is 6.92. The third-order valence-corrected chi connectivity index (χ3v) is 3.30. The molecule has 0 aliphatic rings. The number of methoxy groups -OCH3 is 1. The summed E-state index contributed by atoms with van der Waals surface area (Å²) in [7, 11) is 1.58. The van der Waals surface area contributed by atoms with Gasteiger partial charge in [-0.1, -0.05) is 6.92 Å². The van der Waals surface area contributed by atoms with Crippen LogP contribution in [0.15, 0.2) is 24.3 Å². The molecule has 0 saturated heterocycles. The average molecular weight is 288 g/mol. The zero-order valence-corrected chi connectivity index (χ0v) is 12.6. The Kier molecular flexibility index (Phi) is 4.98. The van der Waals surface area contributed by atoms with Crippen molar-refractivity contribution in [3.63, 3.8) is 0 Å². The minimum absolute atomic E-state index is 0.370. The van der Waals surface area contributed by atoms with Crippen molar-refractivity contribution in [2.24, 2.45) is 0 Å². The van der Waals surface area contributed by atoms with E-state index in [0.717, 1.165) is 30.6 Å². The number of hydrogen-bond acceptors (Lipinski definition) is 4. The summed E-state index contributed by atoms with van der Waals surface area (Å²) in [5.41, 5.74) is 2.54. The van der Waals surface area contributed by atoms with E-state index in [1.807, 2.05) is 17.7 Å². The Hall–Kier alpha value is -2.30. The molecular formula is C16H20N2O3. The molecule has 0 atom stereocenters. The molecule has 5 nitrogen and oxygen atoms in total. The average Bonchev–Trinajstić information content (AvgIpc) is 2.94. The third-order valence-electron chi connectivity index (χ3n) is 3.30. The minimum Gasteiger partial charge on any atom is -0.497 e. The van der Waals surface area contributed by atoms with Gasteiger partial charge in [-0.3, -0.25) is 9.48 Å². The fourth-order valence-electron chi connectivity index (χ4n) is 2.09. The first-order valence-corrected chi connectivity index (χ1v) is 7.03. The van der Waals surface area contributed by atoms with Crippen molar-refractivity contribution in [2.75, 3.05) is 7.11 Å². The summed E-state index contributed by atoms with van der Waals surface area (Å²) in [6.07, 6.45) is 1.67. The zero-order chi connectivity index (χ0) is 15.2. The van der Waals surface area contributed by atoms with Gasteiger partial charge in [-0.05, 0) is 31.5 Å². The molecule has 0 spiro atoms. The molecule has 0 fully saturated rings. The van der Waals surface area contributed by atoms with Gasteiger partial charge in [0.1, 0.15) is 18.1 Å². The summed E-state index contributed by atoms with van der Waals surface area (Å²) in [5.74, 6) is 1.18. The van der Waals surface area contributed by atoms with Crippen LogP contribution in [-0.4, -0.2) is 23.2 Å². The number of hydrogen-bond donors (Lipinski definition) is 0. The third kappa shape index (κ3) is 3.42. The molecule has 112 valence electrons. The van der Waals surface area contributed by atoms with E-state index in [4.69, 9.17) is 9.47 Å². The van der Waals surface area contributed by atoms with Gasteiger partial charge in [-0.15, -0.1) is 0 Å². The zero-order valence-electron chi connectivity index (χ0n) is 12.6. The smallest absolute Gasteiger partial charge is 0.153 e. The summed E-state index contributed by atoms with van der Waals surface area (Å²) < 4.78 is 12.9. The van der Waals surface area contributed by atoms with E-state index in [1.165, 1.54) is 0 Å². The van der Waals surface area contributed by atoms with Gasteiger partial charge in [-0.25, -0.2) is 0 Å². The van der Waals surface area contributed by atoms with E-state index >= 15 is 0 Å². The predicted molar refractivity (Wildman–Crippen MR) is 80.0 cm³/mol. The summed E-state index contributed by atoms with van der Waals surface area (Å²) >= 11 is 0. The van der Waals surface area contributed by atoms with E-state index in [0.29, 0.717) is 23.7 Å². The van der Waals surface area contributed by atoms with Crippen LogP contribution in [0.25, 0.3) is 0 Å². The fourth-order valence-corrected chi connectivity index (χ4v) is 2.09. The van der Waals surface area contributed by atoms with Crippen LogP contribution in [0, 0.1) is 0 Å². The largest absolute Gasteiger partial charge is 0.497 e. The Labute approximate surface area is 124 Å². The number of benzene rings is 1. The topological polar surface area (TPSA) is 53.4 Å². The lowest BCUT2D eigenvalue weighted by Crippen LogP contribution is -2.07. The molecule has 0 aliphatic carbocycles. The first-order chi connectivity index (χ1) is 10.2. The second-order valence-electron chi connectivity index (χ2n) is 4.61. The predicted octanol–water partition coefficient (Wildman–Crippen LogP) is 2.87. The maximum atomic E-state index is 11.1. The Bertz CT molecular complexity index is 620. The number of aldehydes is 1. The standard InChI is InChI=1S/C16H20N2O3/c1-4-13-8-14(18(5-2)17-13)11-21-16-9-15(20-3)7-6-12(16)10-19/h6-10H,4-5,11H2,1-3H3. The second-order valence-corrected chi connectivity index (χ2v) is 4.61. The molecule has 2 rings (SSSR count). The molecule has 2 aromatic rings. The highest BCUT2D eigenvalue weighted by Crippen LogP contribution is 2.24. The van der Waals surface area contributed by atoms with Crippen molar-refractivity contribution < 1.29 is 14.3 Å². The van der Waals surface area contributed by atoms with Gasteiger partial charge < -0.3 is 9.47 Å². The maximum absolute atomic E-state index is 11.1. The molecular weight excluding hydrogens is 268 g/mol. The van der Waals surface area contributed by atoms with Crippen molar-refractivity contribution in [2.45, 2.75) is 33.4 Å². The molecule has 0 amide bonds. The first-order valence-electron chi connectivity index (χ1n) is 7.03. The van der Waals surface area contributed by atoms with Crippen LogP contribution in [0.1, 0.15) is 35.6 Å². The van der Waals surface area contributed by atoms with Crippen molar-refractivity contribution in [3.8, 4) is 11.5 Å². The van der Waals surface area contributed by atoms with Crippen LogP contribution in [-0.2, 0) is 19.6 Å². The van der Waals surface area contributed by atoms with Crippen molar-refractivity contribution in [1.29, 1.82) is 0 Å². The van der Waals surface area contributed by atoms with Crippen molar-refractivity contribution in [1.82, 2.24) is 9.78 Å². The normalized spacial score (nSPS) is 10.4. The lowest BCUT2D eigenvalue weighted by atomic mass is 10.2. The van der Waals surface area contributed by atoms with Crippen LogP contribution in [0.3, 0.4) is 0 Å². The summed E-state index contributed by atoms with van der Waals surface area (Å²) in [6, 6.07) is 7.18. The highest BCUT2D eigenvalue weighted by atomic mass is 16.5. The molecule has 1 aromatic heterocycles. The minimum atomic E-state index is 0.370. The molecule has 0 bridgehead atoms. The van der Waals surface area contributed by atoms with E-state index in [2.05, 4.69) is 12.0 Å². The summed E-state index contributed by atoms with van der Waals surface area (Å²) in [6.45, 7) is 5.27. The van der Waals surface area contributed by atoms with Crippen LogP contribution in [0.5, 0.6) is 11.5 Å². The van der Waals surface area contributed by atoms with Crippen molar-refractivity contribution >= 4 is 6.29 Å². The number of ether oxygens (including phenoxy) is 2. The number of aryl methyl sites for hydroxylation is 2. The first kappa shape index (κ1) is 15.1. The molecule has 0 N–H and O–H groups in total. The molecule has 21 heavy (non-hydrogen) atoms. The van der Waals surface area contributed by atoms with Crippen LogP contribution in [0.2, 0.25) is 0 Å². The quantitative estimate of drug-likeness (QED) is 0.735. The van der Waals surface area contributed by atoms with Gasteiger partial charge in [0, 0.05) is 12.6 Å². The number of aromatic nitrogens is 2. The van der Waals surface area contributed by atoms with Crippen LogP contribution >= 0.6 is 0 Å². The fraction of sp³-hybridized carbons (Fsp3) is 0.375. The Morgan fingerprint density at radius 2 is 2.10 bits per heavy atom. The van der Waals surface area contributed by atoms with E-state index in [-0.39, 0.29) is 0 Å². The Morgan fingerprint density at radius 3 is 2.71 bits per heavy atom. The van der Waals surface area contributed by atoms with E-state index in [9.17, 15) is 4.79 Å². The maximum Gasteiger partial charge on any atom is 0.153 e. The molecule has 0 radical (unpaired) electrons. The van der Waals surface area contributed by atoms with Gasteiger partial charge >= 0.3 is 0 Å². The molecule has 0 saturated carbocycles. The number of nitrogens with zero attached hydrogens (tertiary/aromatic N) is 2. The molecule has 1 heterocycles. The van der Waals surface area contributed by atoms with Gasteiger partial charge in [0.25, 0.3) is 0 Å². The van der Waals surface area contributed by atoms with Gasteiger partial charge in [0.05, 0.1) is 24.1 Å². The number of carbonyl (C=O) groups excluding carboxylic acids is 1. The molecule has 0 aliphatic heterocycles. The lowest BCUT2D eigenvalue weighted by Gasteiger charge is -2.10. The van der Waals surface area contributed by atoms with Gasteiger partial charge in [0.15, 0.2) is 6.29 Å². The summed E-state index contributed by atoms with van der Waals surface area (Å²) in [5, 5.41) is 4.48. The van der Waals surface area contributed by atoms with E-state index < -0.39 is 0 Å². The van der Waals surface area contributed by atoms with Gasteiger partial charge in [-0.2, -0.15) is 5.10 Å². The Balaban J connectivity index is 2.19. The molecule has 1 aromatic carbocycles. The number of carbonyl (C=O) groups is 1. The lowest BCUT2D eigenvalue weighted by molar-refractivity contribution is 0.111. The molecule has 5 heteroatoms. The van der Waals surface area contributed by atoms with Gasteiger partial charge in [0.2, 0.25) is 0 Å². The van der Waals surface area contributed by atoms with E-state index in [1.54, 1.807) is 25.3 Å². The highest BCUT2D eigenvalue weighted by Gasteiger charge is 2.09. The highest BCUT2D eigenvalue weighted by molar-refractivity contribution is 5.79. The van der Waals surface area contributed by atoms with Crippen molar-refractivity contribution in [3.05, 3.63) is 41.2 Å². The Morgan fingerprint density at radius 1 is 1.29 bits per heavy atom. The van der Waals surface area contributed by atoms with Crippen LogP contribution in [0.4, 0.5) is 0 Å². The monoisotopic (exact) mass is 288 g/mol. The van der Waals surface area contributed by atoms with Crippen LogP contribution < -0.4 is 9.47 Å². The summed E-state index contributed by atoms with van der Waals surface area (Å²) in [4.78, 5) is 11.1. The number of rotatable bonds is 7.